The van der Waals surface area contributed by atoms with Crippen LogP contribution in [0.25, 0.3) is 0 Å². The second-order valence-electron chi connectivity index (χ2n) is 2.58. The van der Waals surface area contributed by atoms with Crippen molar-refractivity contribution < 1.29 is 30.5 Å². The highest BCUT2D eigenvalue weighted by molar-refractivity contribution is 7.86. The Balaban J connectivity index is 0. The molecule has 9 heteroatoms. The van der Waals surface area contributed by atoms with Gasteiger partial charge in [-0.1, -0.05) is 0 Å². The van der Waals surface area contributed by atoms with Gasteiger partial charge in [-0.3, -0.25) is 4.55 Å². The Kier molecular flexibility index (Phi) is 7.89. The van der Waals surface area contributed by atoms with E-state index in [1.54, 1.807) is 0 Å². The van der Waals surface area contributed by atoms with Gasteiger partial charge in [0.15, 0.2) is 0 Å². The molecule has 0 bridgehead atoms. The standard InChI is InChI=1S/C4H6F4O3S.C2H7N/c5-3(12(9,10)11)1-2-4(6,7)8;1-3-2/h3H,1-2H2,(H,9,10,11);3H,1-2H3. The first-order chi connectivity index (χ1) is 6.54. The predicted molar refractivity (Wildman–Crippen MR) is 46.7 cm³/mol. The third kappa shape index (κ3) is 13.6. The molecule has 0 aromatic heterocycles. The zero-order valence-electron chi connectivity index (χ0n) is 8.18. The third-order valence-corrected chi connectivity index (χ3v) is 1.86. The molecule has 0 aromatic rings. The highest BCUT2D eigenvalue weighted by Gasteiger charge is 2.32. The maximum Gasteiger partial charge on any atom is 0.389 e. The van der Waals surface area contributed by atoms with E-state index in [2.05, 4.69) is 5.32 Å². The van der Waals surface area contributed by atoms with Crippen LogP contribution in [-0.4, -0.2) is 38.7 Å². The van der Waals surface area contributed by atoms with Crippen LogP contribution >= 0.6 is 0 Å². The summed E-state index contributed by atoms with van der Waals surface area (Å²) >= 11 is 0. The molecule has 0 amide bonds. The minimum Gasteiger partial charge on any atom is -0.323 e. The molecule has 0 saturated carbocycles. The van der Waals surface area contributed by atoms with Crippen LogP contribution in [0.15, 0.2) is 0 Å². The molecule has 0 radical (unpaired) electrons. The number of halogens is 4. The van der Waals surface area contributed by atoms with Gasteiger partial charge in [0.2, 0.25) is 5.50 Å². The molecule has 0 spiro atoms. The van der Waals surface area contributed by atoms with Crippen molar-refractivity contribution in [2.45, 2.75) is 24.5 Å². The van der Waals surface area contributed by atoms with Crippen LogP contribution in [0.5, 0.6) is 0 Å². The van der Waals surface area contributed by atoms with E-state index < -0.39 is 34.6 Å². The van der Waals surface area contributed by atoms with Crippen LogP contribution in [0.4, 0.5) is 17.6 Å². The summed E-state index contributed by atoms with van der Waals surface area (Å²) < 4.78 is 73.8. The second-order valence-corrected chi connectivity index (χ2v) is 4.12. The first-order valence-corrected chi connectivity index (χ1v) is 5.30. The largest absolute Gasteiger partial charge is 0.389 e. The molecule has 1 unspecified atom stereocenters. The van der Waals surface area contributed by atoms with E-state index in [0.717, 1.165) is 0 Å². The first kappa shape index (κ1) is 17.0. The van der Waals surface area contributed by atoms with Crippen molar-refractivity contribution in [2.75, 3.05) is 14.1 Å². The van der Waals surface area contributed by atoms with Crippen molar-refractivity contribution in [3.63, 3.8) is 0 Å². The Bertz CT molecular complexity index is 252. The fraction of sp³-hybridized carbons (Fsp3) is 1.00. The molecular weight excluding hydrogens is 242 g/mol. The van der Waals surface area contributed by atoms with Crippen LogP contribution in [0, 0.1) is 0 Å². The quantitative estimate of drug-likeness (QED) is 0.590. The molecule has 94 valence electrons. The minimum atomic E-state index is -4.99. The third-order valence-electron chi connectivity index (χ3n) is 0.978. The molecule has 0 rings (SSSR count). The summed E-state index contributed by atoms with van der Waals surface area (Å²) in [4.78, 5) is 0. The summed E-state index contributed by atoms with van der Waals surface area (Å²) in [6.45, 7) is 0. The number of nitrogens with one attached hydrogen (secondary N) is 1. The summed E-state index contributed by atoms with van der Waals surface area (Å²) in [6.07, 6.45) is -7.47. The van der Waals surface area contributed by atoms with Gasteiger partial charge in [-0.05, 0) is 14.1 Å². The van der Waals surface area contributed by atoms with Crippen LogP contribution < -0.4 is 5.32 Å². The zero-order chi connectivity index (χ0) is 12.7. The van der Waals surface area contributed by atoms with Crippen molar-refractivity contribution in [1.29, 1.82) is 0 Å². The van der Waals surface area contributed by atoms with Crippen LogP contribution in [0.1, 0.15) is 12.8 Å². The van der Waals surface area contributed by atoms with E-state index in [4.69, 9.17) is 4.55 Å². The van der Waals surface area contributed by atoms with Gasteiger partial charge in [0, 0.05) is 12.8 Å². The maximum absolute atomic E-state index is 12.1. The van der Waals surface area contributed by atoms with E-state index >= 15 is 0 Å². The van der Waals surface area contributed by atoms with E-state index in [0.29, 0.717) is 0 Å². The smallest absolute Gasteiger partial charge is 0.323 e. The lowest BCUT2D eigenvalue weighted by Gasteiger charge is -2.07. The molecule has 2 N–H and O–H groups in total. The van der Waals surface area contributed by atoms with E-state index in [1.165, 1.54) is 0 Å². The fourth-order valence-corrected chi connectivity index (χ4v) is 0.842. The molecule has 15 heavy (non-hydrogen) atoms. The van der Waals surface area contributed by atoms with Gasteiger partial charge in [-0.2, -0.15) is 21.6 Å². The Morgan fingerprint density at radius 2 is 1.67 bits per heavy atom. The summed E-state index contributed by atoms with van der Waals surface area (Å²) in [5, 5.41) is 2.75. The number of hydrogen-bond donors (Lipinski definition) is 2. The van der Waals surface area contributed by atoms with E-state index in [1.807, 2.05) is 14.1 Å². The molecule has 0 fully saturated rings. The molecule has 1 atom stereocenters. The molecule has 4 nitrogen and oxygen atoms in total. The lowest BCUT2D eigenvalue weighted by Crippen LogP contribution is -2.18. The summed E-state index contributed by atoms with van der Waals surface area (Å²) in [6, 6.07) is 0. The Morgan fingerprint density at radius 3 is 1.87 bits per heavy atom. The zero-order valence-corrected chi connectivity index (χ0v) is 8.99. The van der Waals surface area contributed by atoms with Crippen molar-refractivity contribution in [1.82, 2.24) is 5.32 Å². The summed E-state index contributed by atoms with van der Waals surface area (Å²) in [7, 11) is -1.24. The maximum atomic E-state index is 12.1. The Labute approximate surface area is 85.4 Å². The van der Waals surface area contributed by atoms with Gasteiger partial charge in [0.05, 0.1) is 0 Å². The minimum absolute atomic E-state index is 1.28. The van der Waals surface area contributed by atoms with Crippen molar-refractivity contribution in [2.24, 2.45) is 0 Å². The molecular formula is C6H13F4NO3S. The average Bonchev–Trinajstić information content (AvgIpc) is 1.98. The normalized spacial score (nSPS) is 14.1. The monoisotopic (exact) mass is 255 g/mol. The highest BCUT2D eigenvalue weighted by Crippen LogP contribution is 2.24. The van der Waals surface area contributed by atoms with Crippen LogP contribution in [0.2, 0.25) is 0 Å². The van der Waals surface area contributed by atoms with Crippen LogP contribution in [0.3, 0.4) is 0 Å². The van der Waals surface area contributed by atoms with Gasteiger partial charge >= 0.3 is 6.18 Å². The van der Waals surface area contributed by atoms with Crippen LogP contribution in [-0.2, 0) is 10.1 Å². The van der Waals surface area contributed by atoms with Crippen molar-refractivity contribution in [3.05, 3.63) is 0 Å². The molecule has 0 aliphatic heterocycles. The van der Waals surface area contributed by atoms with Gasteiger partial charge in [0.25, 0.3) is 10.1 Å². The second kappa shape index (κ2) is 6.96. The van der Waals surface area contributed by atoms with Gasteiger partial charge in [-0.15, -0.1) is 0 Å². The predicted octanol–water partition coefficient (Wildman–Crippen LogP) is 1.35. The van der Waals surface area contributed by atoms with Gasteiger partial charge in [0.1, 0.15) is 0 Å². The molecule has 0 aliphatic carbocycles. The van der Waals surface area contributed by atoms with E-state index in [-0.39, 0.29) is 0 Å². The average molecular weight is 255 g/mol. The molecule has 0 heterocycles. The lowest BCUT2D eigenvalue weighted by molar-refractivity contribution is -0.136. The lowest BCUT2D eigenvalue weighted by atomic mass is 10.3. The van der Waals surface area contributed by atoms with Gasteiger partial charge in [-0.25, -0.2) is 4.39 Å². The number of rotatable bonds is 3. The Hall–Kier alpha value is -0.410. The first-order valence-electron chi connectivity index (χ1n) is 3.80. The SMILES string of the molecule is CNC.O=S(=O)(O)C(F)CCC(F)(F)F. The molecule has 0 aromatic carbocycles. The Morgan fingerprint density at radius 1 is 1.33 bits per heavy atom. The molecule has 0 aliphatic rings. The summed E-state index contributed by atoms with van der Waals surface area (Å²) in [5.41, 5.74) is -2.86. The van der Waals surface area contributed by atoms with E-state index in [9.17, 15) is 26.0 Å². The summed E-state index contributed by atoms with van der Waals surface area (Å²) in [5.74, 6) is 0. The molecule has 0 saturated heterocycles. The fourth-order valence-electron chi connectivity index (χ4n) is 0.426. The number of hydrogen-bond acceptors (Lipinski definition) is 3. The highest BCUT2D eigenvalue weighted by atomic mass is 32.2. The van der Waals surface area contributed by atoms with Gasteiger partial charge < -0.3 is 5.32 Å². The number of alkyl halides is 4. The van der Waals surface area contributed by atoms with Crippen molar-refractivity contribution >= 4 is 10.1 Å². The topological polar surface area (TPSA) is 66.4 Å². The van der Waals surface area contributed by atoms with Crippen molar-refractivity contribution in [3.8, 4) is 0 Å².